The van der Waals surface area contributed by atoms with E-state index in [1.165, 1.54) is 12.0 Å². The van der Waals surface area contributed by atoms with Crippen molar-refractivity contribution >= 4 is 5.96 Å². The van der Waals surface area contributed by atoms with Gasteiger partial charge < -0.3 is 24.4 Å². The first-order valence-corrected chi connectivity index (χ1v) is 10.5. The predicted molar refractivity (Wildman–Crippen MR) is 121 cm³/mol. The highest BCUT2D eigenvalue weighted by Crippen LogP contribution is 2.40. The predicted octanol–water partition coefficient (Wildman–Crippen LogP) is 3.74. The lowest BCUT2D eigenvalue weighted by Gasteiger charge is -2.22. The third kappa shape index (κ3) is 5.17. The zero-order chi connectivity index (χ0) is 21.3. The van der Waals surface area contributed by atoms with Gasteiger partial charge in [0.25, 0.3) is 0 Å². The van der Waals surface area contributed by atoms with E-state index in [0.29, 0.717) is 29.7 Å². The molecule has 1 fully saturated rings. The van der Waals surface area contributed by atoms with Gasteiger partial charge >= 0.3 is 0 Å². The summed E-state index contributed by atoms with van der Waals surface area (Å²) in [5.74, 6) is 3.51. The molecule has 6 nitrogen and oxygen atoms in total. The van der Waals surface area contributed by atoms with E-state index in [2.05, 4.69) is 47.5 Å². The number of ether oxygens (including phenoxy) is 3. The van der Waals surface area contributed by atoms with Crippen molar-refractivity contribution in [2.45, 2.75) is 26.3 Å². The number of benzene rings is 2. The van der Waals surface area contributed by atoms with Gasteiger partial charge in [0.05, 0.1) is 27.9 Å². The third-order valence-corrected chi connectivity index (χ3v) is 5.47. The molecule has 3 rings (SSSR count). The quantitative estimate of drug-likeness (QED) is 0.530. The molecule has 1 unspecified atom stereocenters. The fraction of sp³-hybridized carbons (Fsp3) is 0.458. The van der Waals surface area contributed by atoms with Crippen molar-refractivity contribution in [3.8, 4) is 17.2 Å². The maximum Gasteiger partial charge on any atom is 0.203 e. The van der Waals surface area contributed by atoms with Gasteiger partial charge in [0.15, 0.2) is 17.5 Å². The molecule has 0 amide bonds. The molecule has 0 aliphatic carbocycles. The highest BCUT2D eigenvalue weighted by Gasteiger charge is 2.25. The lowest BCUT2D eigenvalue weighted by molar-refractivity contribution is 0.322. The van der Waals surface area contributed by atoms with Crippen molar-refractivity contribution in [3.63, 3.8) is 0 Å². The number of methoxy groups -OCH3 is 3. The van der Waals surface area contributed by atoms with Crippen LogP contribution in [0.25, 0.3) is 0 Å². The Hall–Kier alpha value is -2.89. The molecule has 1 saturated heterocycles. The van der Waals surface area contributed by atoms with E-state index in [1.54, 1.807) is 21.3 Å². The number of nitrogens with one attached hydrogen (secondary N) is 1. The molecule has 2 aromatic carbocycles. The van der Waals surface area contributed by atoms with Crippen LogP contribution in [0.1, 0.15) is 24.5 Å². The SMILES string of the molecule is CCNC(=NCc1ccc(OC)c(OC)c1OC)N1CCC(Cc2ccccc2)C1. The van der Waals surface area contributed by atoms with Crippen LogP contribution in [0, 0.1) is 5.92 Å². The lowest BCUT2D eigenvalue weighted by Crippen LogP contribution is -2.40. The van der Waals surface area contributed by atoms with Gasteiger partial charge in [0.1, 0.15) is 0 Å². The minimum Gasteiger partial charge on any atom is -0.493 e. The zero-order valence-electron chi connectivity index (χ0n) is 18.5. The molecule has 0 aromatic heterocycles. The van der Waals surface area contributed by atoms with Gasteiger partial charge in [-0.05, 0) is 43.4 Å². The summed E-state index contributed by atoms with van der Waals surface area (Å²) >= 11 is 0. The van der Waals surface area contributed by atoms with Gasteiger partial charge in [-0.25, -0.2) is 4.99 Å². The molecule has 162 valence electrons. The monoisotopic (exact) mass is 411 g/mol. The van der Waals surface area contributed by atoms with Crippen molar-refractivity contribution in [2.24, 2.45) is 10.9 Å². The largest absolute Gasteiger partial charge is 0.493 e. The molecular weight excluding hydrogens is 378 g/mol. The molecule has 0 radical (unpaired) electrons. The minimum absolute atomic E-state index is 0.506. The Labute approximate surface area is 179 Å². The average Bonchev–Trinajstić information content (AvgIpc) is 3.24. The van der Waals surface area contributed by atoms with E-state index in [4.69, 9.17) is 19.2 Å². The van der Waals surface area contributed by atoms with Crippen molar-refractivity contribution in [1.82, 2.24) is 10.2 Å². The molecule has 0 spiro atoms. The highest BCUT2D eigenvalue weighted by atomic mass is 16.5. The first-order chi connectivity index (χ1) is 14.7. The standard InChI is InChI=1S/C24H33N3O3/c1-5-25-24(27-14-13-19(17-27)15-18-9-7-6-8-10-18)26-16-20-11-12-21(28-2)23(30-4)22(20)29-3/h6-12,19H,5,13-17H2,1-4H3,(H,25,26). The van der Waals surface area contributed by atoms with E-state index < -0.39 is 0 Å². The summed E-state index contributed by atoms with van der Waals surface area (Å²) in [6.45, 7) is 5.48. The van der Waals surface area contributed by atoms with Crippen molar-refractivity contribution in [1.29, 1.82) is 0 Å². The maximum atomic E-state index is 5.60. The molecular formula is C24H33N3O3. The second kappa shape index (κ2) is 10.8. The number of hydrogen-bond donors (Lipinski definition) is 1. The molecule has 1 aliphatic rings. The summed E-state index contributed by atoms with van der Waals surface area (Å²) in [6.07, 6.45) is 2.29. The van der Waals surface area contributed by atoms with Crippen LogP contribution in [-0.4, -0.2) is 51.8 Å². The Morgan fingerprint density at radius 3 is 2.47 bits per heavy atom. The molecule has 2 aromatic rings. The summed E-state index contributed by atoms with van der Waals surface area (Å²) in [5, 5.41) is 3.45. The maximum absolute atomic E-state index is 5.60. The molecule has 0 bridgehead atoms. The van der Waals surface area contributed by atoms with Crippen LogP contribution < -0.4 is 19.5 Å². The second-order valence-corrected chi connectivity index (χ2v) is 7.45. The van der Waals surface area contributed by atoms with Gasteiger partial charge in [-0.2, -0.15) is 0 Å². The van der Waals surface area contributed by atoms with Crippen LogP contribution in [0.15, 0.2) is 47.5 Å². The molecule has 0 saturated carbocycles. The molecule has 1 aliphatic heterocycles. The molecule has 1 heterocycles. The van der Waals surface area contributed by atoms with E-state index in [0.717, 1.165) is 37.6 Å². The number of likely N-dealkylation sites (tertiary alicyclic amines) is 1. The smallest absolute Gasteiger partial charge is 0.203 e. The zero-order valence-corrected chi connectivity index (χ0v) is 18.5. The number of guanidine groups is 1. The topological polar surface area (TPSA) is 55.3 Å². The first-order valence-electron chi connectivity index (χ1n) is 10.5. The molecule has 30 heavy (non-hydrogen) atoms. The van der Waals surface area contributed by atoms with Crippen molar-refractivity contribution in [2.75, 3.05) is 41.0 Å². The van der Waals surface area contributed by atoms with Crippen LogP contribution in [0.3, 0.4) is 0 Å². The fourth-order valence-electron chi connectivity index (χ4n) is 4.01. The van der Waals surface area contributed by atoms with Gasteiger partial charge in [0.2, 0.25) is 5.75 Å². The molecule has 1 atom stereocenters. The summed E-state index contributed by atoms with van der Waals surface area (Å²) < 4.78 is 16.5. The van der Waals surface area contributed by atoms with Crippen LogP contribution >= 0.6 is 0 Å². The summed E-state index contributed by atoms with van der Waals surface area (Å²) in [4.78, 5) is 7.27. The number of aliphatic imine (C=N–C) groups is 1. The van der Waals surface area contributed by atoms with Crippen LogP contribution in [0.2, 0.25) is 0 Å². The van der Waals surface area contributed by atoms with Crippen molar-refractivity contribution < 1.29 is 14.2 Å². The average molecular weight is 412 g/mol. The van der Waals surface area contributed by atoms with Gasteiger partial charge in [0, 0.05) is 25.2 Å². The Kier molecular flexibility index (Phi) is 7.82. The Bertz CT molecular complexity index is 839. The van der Waals surface area contributed by atoms with Crippen LogP contribution in [-0.2, 0) is 13.0 Å². The third-order valence-electron chi connectivity index (χ3n) is 5.47. The molecule has 1 N–H and O–H groups in total. The summed E-state index contributed by atoms with van der Waals surface area (Å²) in [5.41, 5.74) is 2.37. The van der Waals surface area contributed by atoms with Crippen molar-refractivity contribution in [3.05, 3.63) is 53.6 Å². The number of hydrogen-bond acceptors (Lipinski definition) is 4. The summed E-state index contributed by atoms with van der Waals surface area (Å²) in [7, 11) is 4.89. The van der Waals surface area contributed by atoms with Gasteiger partial charge in [-0.3, -0.25) is 0 Å². The Morgan fingerprint density at radius 1 is 1.03 bits per heavy atom. The van der Waals surface area contributed by atoms with Crippen LogP contribution in [0.5, 0.6) is 17.2 Å². The van der Waals surface area contributed by atoms with Crippen LogP contribution in [0.4, 0.5) is 0 Å². The minimum atomic E-state index is 0.506. The van der Waals surface area contributed by atoms with E-state index >= 15 is 0 Å². The lowest BCUT2D eigenvalue weighted by atomic mass is 9.99. The normalized spacial score (nSPS) is 16.5. The second-order valence-electron chi connectivity index (χ2n) is 7.45. The van der Waals surface area contributed by atoms with E-state index in [-0.39, 0.29) is 0 Å². The Balaban J connectivity index is 1.72. The van der Waals surface area contributed by atoms with Gasteiger partial charge in [-0.15, -0.1) is 0 Å². The van der Waals surface area contributed by atoms with E-state index in [1.807, 2.05) is 12.1 Å². The summed E-state index contributed by atoms with van der Waals surface area (Å²) in [6, 6.07) is 14.6. The number of rotatable bonds is 8. The van der Waals surface area contributed by atoms with E-state index in [9.17, 15) is 0 Å². The van der Waals surface area contributed by atoms with Gasteiger partial charge in [-0.1, -0.05) is 30.3 Å². The molecule has 6 heteroatoms. The fourth-order valence-corrected chi connectivity index (χ4v) is 4.01. The Morgan fingerprint density at radius 2 is 1.80 bits per heavy atom. The number of nitrogens with zero attached hydrogens (tertiary/aromatic N) is 2. The highest BCUT2D eigenvalue weighted by molar-refractivity contribution is 5.80. The first kappa shape index (κ1) is 21.8.